The van der Waals surface area contributed by atoms with Gasteiger partial charge in [0.05, 0.1) is 20.4 Å². The lowest BCUT2D eigenvalue weighted by atomic mass is 10.1. The van der Waals surface area contributed by atoms with Crippen LogP contribution in [0.2, 0.25) is 5.02 Å². The molecule has 0 aliphatic carbocycles. The summed E-state index contributed by atoms with van der Waals surface area (Å²) in [5, 5.41) is 26.6. The monoisotopic (exact) mass is 484 g/mol. The Morgan fingerprint density at radius 1 is 0.912 bits per heavy atom. The Bertz CT molecular complexity index is 1340. The molecule has 0 radical (unpaired) electrons. The zero-order valence-corrected chi connectivity index (χ0v) is 17.8. The van der Waals surface area contributed by atoms with E-state index in [2.05, 4.69) is 10.6 Å². The number of nitrogens with zero attached hydrogens (tertiary/aromatic N) is 2. The van der Waals surface area contributed by atoms with Gasteiger partial charge >= 0.3 is 0 Å². The van der Waals surface area contributed by atoms with Gasteiger partial charge in [-0.1, -0.05) is 29.8 Å². The van der Waals surface area contributed by atoms with Gasteiger partial charge < -0.3 is 10.6 Å². The zero-order valence-electron chi connectivity index (χ0n) is 17.0. The fourth-order valence-electron chi connectivity index (χ4n) is 2.81. The van der Waals surface area contributed by atoms with Crippen LogP contribution in [0, 0.1) is 26.0 Å². The van der Waals surface area contributed by atoms with Gasteiger partial charge in [-0.25, -0.2) is 4.39 Å². The van der Waals surface area contributed by atoms with Crippen molar-refractivity contribution in [2.75, 3.05) is 5.32 Å². The Balaban J connectivity index is 1.97. The van der Waals surface area contributed by atoms with Gasteiger partial charge in [0, 0.05) is 30.0 Å². The molecule has 0 bridgehead atoms. The van der Waals surface area contributed by atoms with Crippen molar-refractivity contribution in [1.82, 2.24) is 5.32 Å². The van der Waals surface area contributed by atoms with Crippen molar-refractivity contribution in [3.63, 3.8) is 0 Å². The molecular formula is C22H14ClFN4O6. The van der Waals surface area contributed by atoms with Crippen LogP contribution in [0.4, 0.5) is 21.5 Å². The maximum Gasteiger partial charge on any atom is 0.272 e. The van der Waals surface area contributed by atoms with Crippen LogP contribution in [0.15, 0.2) is 72.4 Å². The number of hydrogen-bond donors (Lipinski definition) is 2. The minimum absolute atomic E-state index is 0.0678. The van der Waals surface area contributed by atoms with Crippen LogP contribution in [0.1, 0.15) is 15.9 Å². The Morgan fingerprint density at radius 2 is 1.56 bits per heavy atom. The largest absolute Gasteiger partial charge is 0.320 e. The van der Waals surface area contributed by atoms with Gasteiger partial charge in [0.1, 0.15) is 11.5 Å². The number of hydrogen-bond acceptors (Lipinski definition) is 6. The molecule has 3 aromatic carbocycles. The van der Waals surface area contributed by atoms with E-state index in [4.69, 9.17) is 11.6 Å². The molecule has 2 N–H and O–H groups in total. The Morgan fingerprint density at radius 3 is 2.21 bits per heavy atom. The lowest BCUT2D eigenvalue weighted by molar-refractivity contribution is -0.385. The molecule has 12 heteroatoms. The number of nitro benzene ring substituents is 2. The van der Waals surface area contributed by atoms with Crippen molar-refractivity contribution in [1.29, 1.82) is 0 Å². The van der Waals surface area contributed by atoms with Crippen molar-refractivity contribution < 1.29 is 23.8 Å². The van der Waals surface area contributed by atoms with E-state index in [1.165, 1.54) is 48.5 Å². The summed E-state index contributed by atoms with van der Waals surface area (Å²) in [4.78, 5) is 46.4. The van der Waals surface area contributed by atoms with Crippen molar-refractivity contribution in [2.45, 2.75) is 0 Å². The van der Waals surface area contributed by atoms with Crippen LogP contribution < -0.4 is 10.6 Å². The molecule has 172 valence electrons. The summed E-state index contributed by atoms with van der Waals surface area (Å²) >= 11 is 5.92. The third-order valence-corrected chi connectivity index (χ3v) is 4.69. The van der Waals surface area contributed by atoms with Crippen LogP contribution in [0.25, 0.3) is 6.08 Å². The highest BCUT2D eigenvalue weighted by atomic mass is 35.5. The average Bonchev–Trinajstić information content (AvgIpc) is 2.78. The van der Waals surface area contributed by atoms with Gasteiger partial charge in [0.25, 0.3) is 23.2 Å². The van der Waals surface area contributed by atoms with E-state index >= 15 is 0 Å². The standard InChI is InChI=1S/C22H14ClFN4O6/c23-19-11-14(24)7-8-18(19)21(29)26-20(10-13-3-1-5-16(9-13)27(31)32)22(30)25-15-4-2-6-17(12-15)28(33)34/h1-12H,(H,25,30)(H,26,29). The van der Waals surface area contributed by atoms with E-state index < -0.39 is 27.5 Å². The molecule has 2 amide bonds. The summed E-state index contributed by atoms with van der Waals surface area (Å²) < 4.78 is 13.3. The molecule has 0 fully saturated rings. The first-order valence-electron chi connectivity index (χ1n) is 9.42. The van der Waals surface area contributed by atoms with E-state index in [0.717, 1.165) is 24.3 Å². The number of halogens is 2. The van der Waals surface area contributed by atoms with E-state index in [-0.39, 0.29) is 38.9 Å². The van der Waals surface area contributed by atoms with Crippen molar-refractivity contribution in [3.05, 3.63) is 115 Å². The maximum atomic E-state index is 13.3. The second-order valence-electron chi connectivity index (χ2n) is 6.75. The highest BCUT2D eigenvalue weighted by Crippen LogP contribution is 2.21. The highest BCUT2D eigenvalue weighted by Gasteiger charge is 2.19. The molecule has 0 saturated heterocycles. The second kappa shape index (κ2) is 10.3. The molecule has 10 nitrogen and oxygen atoms in total. The smallest absolute Gasteiger partial charge is 0.272 e. The molecule has 0 heterocycles. The third-order valence-electron chi connectivity index (χ3n) is 4.38. The number of nitro groups is 2. The van der Waals surface area contributed by atoms with Crippen LogP contribution in [0.5, 0.6) is 0 Å². The van der Waals surface area contributed by atoms with Crippen molar-refractivity contribution in [3.8, 4) is 0 Å². The number of rotatable bonds is 7. The van der Waals surface area contributed by atoms with E-state index in [1.54, 1.807) is 0 Å². The minimum Gasteiger partial charge on any atom is -0.320 e. The molecule has 0 aromatic heterocycles. The summed E-state index contributed by atoms with van der Waals surface area (Å²) in [6.07, 6.45) is 1.18. The molecule has 0 spiro atoms. The summed E-state index contributed by atoms with van der Waals surface area (Å²) in [7, 11) is 0. The normalized spacial score (nSPS) is 10.9. The summed E-state index contributed by atoms with van der Waals surface area (Å²) in [5.74, 6) is -2.40. The molecule has 34 heavy (non-hydrogen) atoms. The number of carbonyl (C=O) groups excluding carboxylic acids is 2. The fraction of sp³-hybridized carbons (Fsp3) is 0. The first-order valence-corrected chi connectivity index (χ1v) is 9.80. The first kappa shape index (κ1) is 24.0. The number of amides is 2. The number of non-ortho nitro benzene ring substituents is 2. The van der Waals surface area contributed by atoms with Gasteiger partial charge in [-0.2, -0.15) is 0 Å². The minimum atomic E-state index is -0.876. The third kappa shape index (κ3) is 5.99. The lowest BCUT2D eigenvalue weighted by Gasteiger charge is -2.12. The molecular weight excluding hydrogens is 471 g/mol. The summed E-state index contributed by atoms with van der Waals surface area (Å²) in [6.45, 7) is 0. The van der Waals surface area contributed by atoms with Crippen molar-refractivity contribution in [2.24, 2.45) is 0 Å². The molecule has 0 atom stereocenters. The van der Waals surface area contributed by atoms with Crippen LogP contribution in [-0.4, -0.2) is 21.7 Å². The van der Waals surface area contributed by atoms with E-state index in [1.807, 2.05) is 0 Å². The van der Waals surface area contributed by atoms with Crippen LogP contribution in [0.3, 0.4) is 0 Å². The lowest BCUT2D eigenvalue weighted by Crippen LogP contribution is -2.31. The van der Waals surface area contributed by atoms with Crippen LogP contribution in [-0.2, 0) is 4.79 Å². The van der Waals surface area contributed by atoms with E-state index in [9.17, 15) is 34.2 Å². The maximum absolute atomic E-state index is 13.3. The van der Waals surface area contributed by atoms with Gasteiger partial charge in [-0.15, -0.1) is 0 Å². The Hall–Kier alpha value is -4.64. The first-order chi connectivity index (χ1) is 16.1. The molecule has 0 saturated carbocycles. The summed E-state index contributed by atoms with van der Waals surface area (Å²) in [6, 6.07) is 13.4. The molecule has 0 unspecified atom stereocenters. The second-order valence-corrected chi connectivity index (χ2v) is 7.16. The quantitative estimate of drug-likeness (QED) is 0.282. The topological polar surface area (TPSA) is 144 Å². The van der Waals surface area contributed by atoms with Crippen LogP contribution >= 0.6 is 11.6 Å². The number of anilines is 1. The molecule has 3 aromatic rings. The molecule has 0 aliphatic heterocycles. The average molecular weight is 485 g/mol. The predicted molar refractivity (Wildman–Crippen MR) is 122 cm³/mol. The van der Waals surface area contributed by atoms with Gasteiger partial charge in [0.15, 0.2) is 0 Å². The van der Waals surface area contributed by atoms with Gasteiger partial charge in [-0.05, 0) is 35.9 Å². The SMILES string of the molecule is O=C(Nc1cccc([N+](=O)[O-])c1)C(=Cc1cccc([N+](=O)[O-])c1)NC(=O)c1ccc(F)cc1Cl. The number of carbonyl (C=O) groups is 2. The molecule has 3 rings (SSSR count). The van der Waals surface area contributed by atoms with E-state index in [0.29, 0.717) is 0 Å². The highest BCUT2D eigenvalue weighted by molar-refractivity contribution is 6.34. The summed E-state index contributed by atoms with van der Waals surface area (Å²) in [5.41, 5.74) is -0.722. The predicted octanol–water partition coefficient (Wildman–Crippen LogP) is 4.71. The van der Waals surface area contributed by atoms with Gasteiger partial charge in [0.2, 0.25) is 0 Å². The Kier molecular flexibility index (Phi) is 7.29. The zero-order chi connectivity index (χ0) is 24.8. The Labute approximate surface area is 196 Å². The van der Waals surface area contributed by atoms with Gasteiger partial charge in [-0.3, -0.25) is 29.8 Å². The molecule has 0 aliphatic rings. The number of nitrogens with one attached hydrogen (secondary N) is 2. The fourth-order valence-corrected chi connectivity index (χ4v) is 3.07. The number of benzene rings is 3. The van der Waals surface area contributed by atoms with Crippen molar-refractivity contribution >= 4 is 46.6 Å².